The van der Waals surface area contributed by atoms with E-state index in [0.717, 1.165) is 42.8 Å². The maximum atomic E-state index is 13.4. The molecule has 37 heavy (non-hydrogen) atoms. The van der Waals surface area contributed by atoms with Crippen LogP contribution in [0, 0.1) is 0 Å². The number of carbonyl (C=O) groups is 1. The summed E-state index contributed by atoms with van der Waals surface area (Å²) in [6.45, 7) is 18.2. The number of allylic oxidation sites excluding steroid dienone is 9. The first-order valence-corrected chi connectivity index (χ1v) is 12.7. The van der Waals surface area contributed by atoms with E-state index in [4.69, 9.17) is 9.47 Å². The lowest BCUT2D eigenvalue weighted by molar-refractivity contribution is 0.103. The number of hydrogen-bond acceptors (Lipinski definition) is 5. The van der Waals surface area contributed by atoms with Crippen molar-refractivity contribution in [2.24, 2.45) is 0 Å². The Morgan fingerprint density at radius 1 is 1.16 bits per heavy atom. The minimum Gasteiger partial charge on any atom is -0.495 e. The summed E-state index contributed by atoms with van der Waals surface area (Å²) in [7, 11) is 1.66. The van der Waals surface area contributed by atoms with Gasteiger partial charge in [-0.3, -0.25) is 9.69 Å². The van der Waals surface area contributed by atoms with E-state index in [1.807, 2.05) is 74.7 Å². The van der Waals surface area contributed by atoms with E-state index >= 15 is 0 Å². The maximum absolute atomic E-state index is 13.4. The molecule has 0 amide bonds. The Bertz CT molecular complexity index is 1170. The van der Waals surface area contributed by atoms with Crippen LogP contribution in [0.3, 0.4) is 0 Å². The number of likely N-dealkylation sites (N-methyl/N-ethyl adjacent to an activating group) is 1. The largest absolute Gasteiger partial charge is 0.495 e. The molecular formula is C31H41N3O3. The van der Waals surface area contributed by atoms with Gasteiger partial charge in [0, 0.05) is 42.4 Å². The van der Waals surface area contributed by atoms with Gasteiger partial charge in [0.1, 0.15) is 18.1 Å². The molecule has 2 rings (SSSR count). The first kappa shape index (κ1) is 29.6. The molecule has 6 heteroatoms. The number of fused-ring (bicyclic) bond motifs is 1. The summed E-state index contributed by atoms with van der Waals surface area (Å²) in [6, 6.07) is 5.81. The molecule has 2 aromatic rings. The number of carbonyl (C=O) groups excluding carboxylic acids is 1. The molecule has 0 atom stereocenters. The van der Waals surface area contributed by atoms with E-state index < -0.39 is 0 Å². The molecule has 0 aliphatic rings. The number of ether oxygens (including phenoxy) is 2. The third kappa shape index (κ3) is 8.77. The Labute approximate surface area is 221 Å². The second kappa shape index (κ2) is 16.2. The predicted molar refractivity (Wildman–Crippen MR) is 155 cm³/mol. The fourth-order valence-electron chi connectivity index (χ4n) is 3.86. The number of para-hydroxylation sites is 1. The van der Waals surface area contributed by atoms with Crippen molar-refractivity contribution in [2.75, 3.05) is 39.9 Å². The summed E-state index contributed by atoms with van der Waals surface area (Å²) in [6.07, 6.45) is 16.7. The van der Waals surface area contributed by atoms with Gasteiger partial charge in [-0.05, 0) is 32.5 Å². The Balaban J connectivity index is 2.10. The Morgan fingerprint density at radius 2 is 1.95 bits per heavy atom. The fourth-order valence-corrected chi connectivity index (χ4v) is 3.86. The number of ketones is 1. The molecule has 0 bridgehead atoms. The smallest absolute Gasteiger partial charge is 0.195 e. The maximum Gasteiger partial charge on any atom is 0.195 e. The summed E-state index contributed by atoms with van der Waals surface area (Å²) in [4.78, 5) is 15.7. The van der Waals surface area contributed by atoms with Crippen molar-refractivity contribution in [2.45, 2.75) is 27.4 Å². The topological polar surface area (TPSA) is 55.7 Å². The van der Waals surface area contributed by atoms with Gasteiger partial charge in [-0.25, -0.2) is 0 Å². The molecule has 0 saturated heterocycles. The van der Waals surface area contributed by atoms with Crippen molar-refractivity contribution in [3.8, 4) is 5.75 Å². The molecule has 0 aliphatic heterocycles. The first-order valence-electron chi connectivity index (χ1n) is 12.7. The van der Waals surface area contributed by atoms with Crippen molar-refractivity contribution < 1.29 is 14.3 Å². The van der Waals surface area contributed by atoms with E-state index in [0.29, 0.717) is 30.2 Å². The number of hydrogen-bond donors (Lipinski definition) is 1. The monoisotopic (exact) mass is 503 g/mol. The molecule has 1 heterocycles. The molecule has 0 radical (unpaired) electrons. The van der Waals surface area contributed by atoms with Gasteiger partial charge in [-0.15, -0.1) is 0 Å². The normalized spacial score (nSPS) is 12.4. The number of Topliss-reactive ketones (excluding diaryl/α,β-unsaturated/α-hetero) is 1. The predicted octanol–water partition coefficient (Wildman–Crippen LogP) is 6.05. The van der Waals surface area contributed by atoms with Gasteiger partial charge in [0.25, 0.3) is 0 Å². The molecule has 1 aromatic heterocycles. The molecule has 1 N–H and O–H groups in total. The third-order valence-electron chi connectivity index (χ3n) is 5.83. The molecule has 0 unspecified atom stereocenters. The summed E-state index contributed by atoms with van der Waals surface area (Å²) in [5.41, 5.74) is 2.10. The van der Waals surface area contributed by atoms with Crippen LogP contribution in [-0.4, -0.2) is 55.1 Å². The van der Waals surface area contributed by atoms with E-state index in [1.54, 1.807) is 19.3 Å². The van der Waals surface area contributed by atoms with Crippen LogP contribution in [0.2, 0.25) is 0 Å². The van der Waals surface area contributed by atoms with E-state index in [-0.39, 0.29) is 5.78 Å². The van der Waals surface area contributed by atoms with Gasteiger partial charge in [0.05, 0.1) is 19.3 Å². The SMILES string of the molecule is C=C/C(=C\C=C/C)C(=O)c1cn(CN(CC)CCNCCOC(=C)/C=C\C=C/C)c2c(OC)cccc12. The van der Waals surface area contributed by atoms with Gasteiger partial charge >= 0.3 is 0 Å². The quantitative estimate of drug-likeness (QED) is 0.0936. The number of methoxy groups -OCH3 is 1. The Hall–Kier alpha value is -3.61. The van der Waals surface area contributed by atoms with Gasteiger partial charge < -0.3 is 19.4 Å². The van der Waals surface area contributed by atoms with Crippen LogP contribution < -0.4 is 10.1 Å². The van der Waals surface area contributed by atoms with Crippen LogP contribution >= 0.6 is 0 Å². The van der Waals surface area contributed by atoms with Crippen molar-refractivity contribution in [3.63, 3.8) is 0 Å². The van der Waals surface area contributed by atoms with E-state index in [1.165, 1.54) is 0 Å². The van der Waals surface area contributed by atoms with Crippen LogP contribution in [-0.2, 0) is 11.4 Å². The summed E-state index contributed by atoms with van der Waals surface area (Å²) < 4.78 is 13.4. The Kier molecular flexibility index (Phi) is 13.0. The summed E-state index contributed by atoms with van der Waals surface area (Å²) in [5, 5.41) is 4.29. The summed E-state index contributed by atoms with van der Waals surface area (Å²) >= 11 is 0. The molecule has 1 aromatic carbocycles. The average molecular weight is 504 g/mol. The third-order valence-corrected chi connectivity index (χ3v) is 5.83. The Morgan fingerprint density at radius 3 is 2.62 bits per heavy atom. The van der Waals surface area contributed by atoms with Crippen LogP contribution in [0.4, 0.5) is 0 Å². The van der Waals surface area contributed by atoms with Crippen LogP contribution in [0.25, 0.3) is 10.9 Å². The zero-order valence-electron chi connectivity index (χ0n) is 22.7. The molecule has 198 valence electrons. The van der Waals surface area contributed by atoms with Crippen molar-refractivity contribution in [3.05, 3.63) is 103 Å². The van der Waals surface area contributed by atoms with Crippen LogP contribution in [0.15, 0.2) is 97.5 Å². The second-order valence-corrected chi connectivity index (χ2v) is 8.35. The molecule has 0 spiro atoms. The van der Waals surface area contributed by atoms with E-state index in [2.05, 4.69) is 34.9 Å². The molecule has 6 nitrogen and oxygen atoms in total. The number of nitrogens with one attached hydrogen (secondary N) is 1. The molecule has 0 fully saturated rings. The standard InChI is InChI=1S/C31H41N3O3/c1-7-11-13-15-25(5)37-22-20-32-19-21-33(10-4)24-34-23-28(31(35)26(9-3)16-12-8-2)27-17-14-18-29(36-6)30(27)34/h7-9,11-18,23,32H,3,5,10,19-22,24H2,1-2,4,6H3/b11-7-,12-8-,15-13-,26-16+. The lowest BCUT2D eigenvalue weighted by atomic mass is 10.0. The fraction of sp³-hybridized carbons (Fsp3) is 0.323. The molecule has 0 saturated carbocycles. The molecule has 0 aliphatic carbocycles. The van der Waals surface area contributed by atoms with Gasteiger partial charge in [-0.2, -0.15) is 0 Å². The number of nitrogens with zero attached hydrogens (tertiary/aromatic N) is 2. The van der Waals surface area contributed by atoms with Gasteiger partial charge in [0.15, 0.2) is 5.78 Å². The zero-order valence-corrected chi connectivity index (χ0v) is 22.7. The summed E-state index contributed by atoms with van der Waals surface area (Å²) in [5.74, 6) is 1.33. The number of aromatic nitrogens is 1. The highest BCUT2D eigenvalue weighted by molar-refractivity contribution is 6.18. The van der Waals surface area contributed by atoms with Crippen molar-refractivity contribution in [1.82, 2.24) is 14.8 Å². The number of rotatable bonds is 17. The second-order valence-electron chi connectivity index (χ2n) is 8.35. The highest BCUT2D eigenvalue weighted by Gasteiger charge is 2.20. The van der Waals surface area contributed by atoms with Crippen LogP contribution in [0.1, 0.15) is 31.1 Å². The number of benzene rings is 1. The van der Waals surface area contributed by atoms with Crippen molar-refractivity contribution in [1.29, 1.82) is 0 Å². The van der Waals surface area contributed by atoms with E-state index in [9.17, 15) is 4.79 Å². The lowest BCUT2D eigenvalue weighted by Gasteiger charge is -2.22. The van der Waals surface area contributed by atoms with Crippen molar-refractivity contribution >= 4 is 16.7 Å². The highest BCUT2D eigenvalue weighted by Crippen LogP contribution is 2.31. The minimum atomic E-state index is -0.0584. The van der Waals surface area contributed by atoms with Gasteiger partial charge in [-0.1, -0.05) is 74.7 Å². The molecular weight excluding hydrogens is 462 g/mol. The average Bonchev–Trinajstić information content (AvgIpc) is 3.28. The minimum absolute atomic E-state index is 0.0584. The van der Waals surface area contributed by atoms with Gasteiger partial charge in [0.2, 0.25) is 0 Å². The van der Waals surface area contributed by atoms with Crippen LogP contribution in [0.5, 0.6) is 5.75 Å². The highest BCUT2D eigenvalue weighted by atomic mass is 16.5. The zero-order chi connectivity index (χ0) is 27.0. The first-order chi connectivity index (χ1) is 18.0. The lowest BCUT2D eigenvalue weighted by Crippen LogP contribution is -2.34.